The van der Waals surface area contributed by atoms with Gasteiger partial charge in [-0.15, -0.1) is 0 Å². The molecule has 2 aromatic rings. The van der Waals surface area contributed by atoms with E-state index in [0.717, 1.165) is 25.0 Å². The van der Waals surface area contributed by atoms with E-state index < -0.39 is 5.97 Å². The third-order valence-corrected chi connectivity index (χ3v) is 8.15. The van der Waals surface area contributed by atoms with Crippen LogP contribution in [0.2, 0.25) is 0 Å². The first-order valence-corrected chi connectivity index (χ1v) is 12.5. The van der Waals surface area contributed by atoms with Crippen molar-refractivity contribution in [1.29, 1.82) is 0 Å². The largest absolute Gasteiger partial charge is 0.478 e. The number of likely N-dealkylation sites (tertiary alicyclic amines) is 1. The smallest absolute Gasteiger partial charge is 0.335 e. The van der Waals surface area contributed by atoms with Gasteiger partial charge < -0.3 is 14.9 Å². The molecule has 2 saturated heterocycles. The average Bonchev–Trinajstić information content (AvgIpc) is 3.53. The van der Waals surface area contributed by atoms with E-state index in [1.807, 2.05) is 12.1 Å². The molecule has 0 atom stereocenters. The van der Waals surface area contributed by atoms with Crippen LogP contribution in [0.15, 0.2) is 54.6 Å². The average molecular weight is 433 g/mol. The lowest BCUT2D eigenvalue weighted by molar-refractivity contribution is -0.00645. The molecule has 4 nitrogen and oxygen atoms in total. The van der Waals surface area contributed by atoms with Crippen molar-refractivity contribution in [2.24, 2.45) is 5.41 Å². The van der Waals surface area contributed by atoms with Gasteiger partial charge in [0.2, 0.25) is 0 Å². The first-order valence-electron chi connectivity index (χ1n) is 12.5. The van der Waals surface area contributed by atoms with Crippen LogP contribution in [0, 0.1) is 5.41 Å². The van der Waals surface area contributed by atoms with Gasteiger partial charge in [-0.05, 0) is 106 Å². The summed E-state index contributed by atoms with van der Waals surface area (Å²) < 4.78 is 0. The molecule has 32 heavy (non-hydrogen) atoms. The minimum absolute atomic E-state index is 0.370. The lowest BCUT2D eigenvalue weighted by Gasteiger charge is -2.55. The highest BCUT2D eigenvalue weighted by molar-refractivity contribution is 5.88. The molecule has 4 aliphatic rings. The molecule has 6 rings (SSSR count). The zero-order valence-electron chi connectivity index (χ0n) is 19.1. The van der Waals surface area contributed by atoms with Crippen LogP contribution in [-0.2, 0) is 0 Å². The fourth-order valence-corrected chi connectivity index (χ4v) is 5.91. The Morgan fingerprint density at radius 1 is 0.844 bits per heavy atom. The molecule has 0 aromatic heterocycles. The van der Waals surface area contributed by atoms with Gasteiger partial charge in [0.1, 0.15) is 0 Å². The quantitative estimate of drug-likeness (QED) is 0.664. The number of carbonyl (C=O) groups is 1. The van der Waals surface area contributed by atoms with Crippen LogP contribution in [0.1, 0.15) is 73.2 Å². The van der Waals surface area contributed by atoms with Crippen LogP contribution >= 0.6 is 0 Å². The van der Waals surface area contributed by atoms with Crippen molar-refractivity contribution in [3.05, 3.63) is 65.7 Å². The maximum absolute atomic E-state index is 10.9. The Morgan fingerprint density at radius 3 is 2.03 bits per heavy atom. The van der Waals surface area contributed by atoms with Gasteiger partial charge in [0, 0.05) is 24.8 Å². The van der Waals surface area contributed by atoms with Gasteiger partial charge in [-0.25, -0.2) is 4.79 Å². The number of hydrogen-bond donors (Lipinski definition) is 1. The van der Waals surface area contributed by atoms with E-state index in [2.05, 4.69) is 40.1 Å². The molecule has 2 aliphatic carbocycles. The molecular weight excluding hydrogens is 396 g/mol. The Labute approximate surface area is 192 Å². The van der Waals surface area contributed by atoms with Crippen LogP contribution in [-0.4, -0.2) is 48.2 Å². The summed E-state index contributed by atoms with van der Waals surface area (Å²) in [4.78, 5) is 16.1. The third kappa shape index (κ3) is 4.85. The summed E-state index contributed by atoms with van der Waals surface area (Å²) in [6.07, 6.45) is 11.0. The third-order valence-electron chi connectivity index (χ3n) is 8.15. The van der Waals surface area contributed by atoms with E-state index in [4.69, 9.17) is 5.11 Å². The van der Waals surface area contributed by atoms with Gasteiger partial charge in [-0.2, -0.15) is 0 Å². The Morgan fingerprint density at radius 2 is 1.47 bits per heavy atom. The van der Waals surface area contributed by atoms with Crippen molar-refractivity contribution in [2.45, 2.75) is 63.3 Å². The zero-order valence-corrected chi connectivity index (χ0v) is 19.1. The highest BCUT2D eigenvalue weighted by Gasteiger charge is 2.47. The van der Waals surface area contributed by atoms with Crippen LogP contribution in [0.3, 0.4) is 0 Å². The molecule has 2 saturated carbocycles. The number of anilines is 1. The van der Waals surface area contributed by atoms with Crippen LogP contribution in [0.4, 0.5) is 5.69 Å². The van der Waals surface area contributed by atoms with Crippen molar-refractivity contribution in [2.75, 3.05) is 31.1 Å². The molecule has 0 bridgehead atoms. The molecule has 0 amide bonds. The molecule has 1 N–H and O–H groups in total. The van der Waals surface area contributed by atoms with Gasteiger partial charge in [0.25, 0.3) is 0 Å². The number of carboxylic acid groups (broad SMARTS) is 1. The summed E-state index contributed by atoms with van der Waals surface area (Å²) in [5, 5.41) is 8.99. The van der Waals surface area contributed by atoms with E-state index in [-0.39, 0.29) is 0 Å². The highest BCUT2D eigenvalue weighted by Crippen LogP contribution is 2.51. The SMILES string of the molecule is O=C(O)c1ccc(N2CCC3(CC2)CC(N2CCCC2)C3)cc1.c1ccc(C2CC2)cc1. The van der Waals surface area contributed by atoms with Crippen molar-refractivity contribution >= 4 is 11.7 Å². The van der Waals surface area contributed by atoms with Crippen LogP contribution < -0.4 is 4.90 Å². The molecule has 2 heterocycles. The summed E-state index contributed by atoms with van der Waals surface area (Å²) in [6.45, 7) is 4.86. The Balaban J connectivity index is 0.000000199. The second-order valence-electron chi connectivity index (χ2n) is 10.3. The van der Waals surface area contributed by atoms with E-state index in [1.165, 1.54) is 75.7 Å². The lowest BCUT2D eigenvalue weighted by Crippen LogP contribution is -2.54. The number of piperidine rings is 1. The van der Waals surface area contributed by atoms with Crippen LogP contribution in [0.25, 0.3) is 0 Å². The Kier molecular flexibility index (Phi) is 6.23. The molecule has 170 valence electrons. The van der Waals surface area contributed by atoms with Gasteiger partial charge in [0.05, 0.1) is 5.56 Å². The second-order valence-corrected chi connectivity index (χ2v) is 10.3. The summed E-state index contributed by atoms with van der Waals surface area (Å²) in [5.74, 6) is 0.0581. The molecule has 4 fully saturated rings. The van der Waals surface area contributed by atoms with Crippen molar-refractivity contribution < 1.29 is 9.90 Å². The van der Waals surface area contributed by atoms with E-state index in [9.17, 15) is 4.79 Å². The molecule has 2 aliphatic heterocycles. The van der Waals surface area contributed by atoms with E-state index >= 15 is 0 Å². The van der Waals surface area contributed by atoms with Crippen LogP contribution in [0.5, 0.6) is 0 Å². The summed E-state index contributed by atoms with van der Waals surface area (Å²) in [6, 6.07) is 19.0. The van der Waals surface area contributed by atoms with Gasteiger partial charge >= 0.3 is 5.97 Å². The molecule has 1 spiro atoms. The number of carboxylic acids is 1. The molecule has 0 radical (unpaired) electrons. The van der Waals surface area contributed by atoms with Crippen molar-refractivity contribution in [3.63, 3.8) is 0 Å². The van der Waals surface area contributed by atoms with Gasteiger partial charge in [0.15, 0.2) is 0 Å². The Hall–Kier alpha value is -2.33. The van der Waals surface area contributed by atoms with Gasteiger partial charge in [-0.1, -0.05) is 30.3 Å². The van der Waals surface area contributed by atoms with Gasteiger partial charge in [-0.3, -0.25) is 0 Å². The molecule has 0 unspecified atom stereocenters. The fraction of sp³-hybridized carbons (Fsp3) is 0.536. The van der Waals surface area contributed by atoms with E-state index in [1.54, 1.807) is 12.1 Å². The summed E-state index contributed by atoms with van der Waals surface area (Å²) >= 11 is 0. The maximum Gasteiger partial charge on any atom is 0.335 e. The minimum atomic E-state index is -0.850. The number of aromatic carboxylic acids is 1. The highest BCUT2D eigenvalue weighted by atomic mass is 16.4. The lowest BCUT2D eigenvalue weighted by atomic mass is 9.60. The first-order chi connectivity index (χ1) is 15.6. The predicted molar refractivity (Wildman–Crippen MR) is 130 cm³/mol. The summed E-state index contributed by atoms with van der Waals surface area (Å²) in [5.41, 5.74) is 3.66. The zero-order chi connectivity index (χ0) is 22.0. The topological polar surface area (TPSA) is 43.8 Å². The minimum Gasteiger partial charge on any atom is -0.478 e. The maximum atomic E-state index is 10.9. The fourth-order valence-electron chi connectivity index (χ4n) is 5.91. The molecule has 2 aromatic carbocycles. The molecule has 4 heteroatoms. The number of hydrogen-bond acceptors (Lipinski definition) is 3. The monoisotopic (exact) mass is 432 g/mol. The van der Waals surface area contributed by atoms with Crippen molar-refractivity contribution in [3.8, 4) is 0 Å². The number of nitrogens with zero attached hydrogens (tertiary/aromatic N) is 2. The normalized spacial score (nSPS) is 22.8. The van der Waals surface area contributed by atoms with Crippen molar-refractivity contribution in [1.82, 2.24) is 4.90 Å². The molecular formula is C28H36N2O2. The number of rotatable bonds is 4. The van der Waals surface area contributed by atoms with E-state index in [0.29, 0.717) is 11.0 Å². The summed E-state index contributed by atoms with van der Waals surface area (Å²) in [7, 11) is 0. The second kappa shape index (κ2) is 9.27. The number of benzene rings is 2. The Bertz CT molecular complexity index is 885. The standard InChI is InChI=1S/C19H26N2O2.C9H10/c22-18(23)15-3-5-16(6-4-15)21-11-7-19(8-12-21)13-17(14-19)20-9-1-2-10-20;1-2-4-8(5-3-1)9-6-7-9/h3-6,17H,1-2,7-14H2,(H,22,23);1-5,9H,6-7H2. The predicted octanol–water partition coefficient (Wildman–Crippen LogP) is 5.79. The first kappa shape index (κ1) is 21.5.